The van der Waals surface area contributed by atoms with E-state index >= 15 is 0 Å². The van der Waals surface area contributed by atoms with Gasteiger partial charge in [0.25, 0.3) is 0 Å². The van der Waals surface area contributed by atoms with Gasteiger partial charge in [-0.05, 0) is 18.6 Å². The van der Waals surface area contributed by atoms with E-state index in [1.807, 2.05) is 30.3 Å². The molecule has 0 spiro atoms. The predicted molar refractivity (Wildman–Crippen MR) is 71.9 cm³/mol. The van der Waals surface area contributed by atoms with Gasteiger partial charge in [-0.2, -0.15) is 0 Å². The molecule has 1 nitrogen and oxygen atoms in total. The van der Waals surface area contributed by atoms with E-state index in [4.69, 9.17) is 23.2 Å². The molecule has 0 saturated heterocycles. The second-order valence-corrected chi connectivity index (χ2v) is 4.49. The smallest absolute Gasteiger partial charge is 0.160 e. The van der Waals surface area contributed by atoms with Crippen LogP contribution in [0.15, 0.2) is 42.5 Å². The van der Waals surface area contributed by atoms with Crippen LogP contribution in [0.1, 0.15) is 17.3 Å². The van der Waals surface area contributed by atoms with Crippen LogP contribution in [0.4, 0.5) is 0 Å². The average Bonchev–Trinajstić information content (AvgIpc) is 2.33. The normalized spacial score (nSPS) is 10.3. The molecule has 0 N–H and O–H groups in total. The molecule has 0 saturated carbocycles. The first-order valence-electron chi connectivity index (χ1n) is 5.15. The zero-order chi connectivity index (χ0) is 12.4. The lowest BCUT2D eigenvalue weighted by molar-refractivity contribution is 0.101. The van der Waals surface area contributed by atoms with Gasteiger partial charge in [0.1, 0.15) is 0 Å². The van der Waals surface area contributed by atoms with Crippen molar-refractivity contribution < 1.29 is 4.79 Å². The molecule has 17 heavy (non-hydrogen) atoms. The van der Waals surface area contributed by atoms with Crippen molar-refractivity contribution in [2.75, 3.05) is 0 Å². The van der Waals surface area contributed by atoms with Crippen molar-refractivity contribution in [3.63, 3.8) is 0 Å². The van der Waals surface area contributed by atoms with Crippen LogP contribution in [0.3, 0.4) is 0 Å². The number of halogens is 2. The number of hydrogen-bond donors (Lipinski definition) is 0. The summed E-state index contributed by atoms with van der Waals surface area (Å²) in [5.41, 5.74) is 2.24. The number of benzene rings is 2. The fourth-order valence-electron chi connectivity index (χ4n) is 1.74. The summed E-state index contributed by atoms with van der Waals surface area (Å²) in [6.45, 7) is 1.54. The first-order valence-corrected chi connectivity index (χ1v) is 5.91. The van der Waals surface area contributed by atoms with Crippen molar-refractivity contribution in [1.29, 1.82) is 0 Å². The molecule has 0 aliphatic rings. The van der Waals surface area contributed by atoms with E-state index in [1.54, 1.807) is 12.1 Å². The van der Waals surface area contributed by atoms with Crippen molar-refractivity contribution in [2.45, 2.75) is 6.92 Å². The highest BCUT2D eigenvalue weighted by Gasteiger charge is 2.12. The molecule has 0 amide bonds. The molecule has 2 aromatic rings. The van der Waals surface area contributed by atoms with Crippen LogP contribution < -0.4 is 0 Å². The standard InChI is InChI=1S/C14H10Cl2O/c1-9(17)10-5-2-3-6-11(10)12-7-4-8-13(15)14(12)16/h2-8H,1H3. The van der Waals surface area contributed by atoms with Crippen LogP contribution in [0.25, 0.3) is 11.1 Å². The van der Waals surface area contributed by atoms with Gasteiger partial charge in [0.05, 0.1) is 10.0 Å². The Morgan fingerprint density at radius 1 is 0.941 bits per heavy atom. The Morgan fingerprint density at radius 2 is 1.59 bits per heavy atom. The quantitative estimate of drug-likeness (QED) is 0.708. The first kappa shape index (κ1) is 12.2. The zero-order valence-corrected chi connectivity index (χ0v) is 10.7. The molecule has 0 aromatic heterocycles. The first-order chi connectivity index (χ1) is 8.11. The summed E-state index contributed by atoms with van der Waals surface area (Å²) in [7, 11) is 0. The van der Waals surface area contributed by atoms with Crippen LogP contribution in [-0.4, -0.2) is 5.78 Å². The third-order valence-electron chi connectivity index (χ3n) is 2.55. The molecule has 0 unspecified atom stereocenters. The van der Waals surface area contributed by atoms with E-state index in [0.717, 1.165) is 11.1 Å². The molecular formula is C14H10Cl2O. The molecule has 0 fully saturated rings. The Bertz CT molecular complexity index is 576. The molecule has 0 aliphatic heterocycles. The van der Waals surface area contributed by atoms with E-state index < -0.39 is 0 Å². The Labute approximate surface area is 110 Å². The maximum Gasteiger partial charge on any atom is 0.160 e. The number of Topliss-reactive ketones (excluding diaryl/α,β-unsaturated/α-hetero) is 1. The Kier molecular flexibility index (Phi) is 3.51. The van der Waals surface area contributed by atoms with Crippen molar-refractivity contribution in [3.05, 3.63) is 58.1 Å². The summed E-state index contributed by atoms with van der Waals surface area (Å²) in [6.07, 6.45) is 0. The number of ketones is 1. The molecule has 0 atom stereocenters. The number of carbonyl (C=O) groups is 1. The molecule has 0 radical (unpaired) electrons. The second kappa shape index (κ2) is 4.91. The van der Waals surface area contributed by atoms with Crippen LogP contribution in [0.2, 0.25) is 10.0 Å². The Hall–Kier alpha value is -1.31. The summed E-state index contributed by atoms with van der Waals surface area (Å²) in [5.74, 6) is 0.0108. The van der Waals surface area contributed by atoms with Crippen molar-refractivity contribution in [3.8, 4) is 11.1 Å². The maximum atomic E-state index is 11.6. The van der Waals surface area contributed by atoms with Gasteiger partial charge in [0, 0.05) is 11.1 Å². The topological polar surface area (TPSA) is 17.1 Å². The molecule has 2 aromatic carbocycles. The van der Waals surface area contributed by atoms with Crippen LogP contribution in [0.5, 0.6) is 0 Å². The van der Waals surface area contributed by atoms with Crippen molar-refractivity contribution in [2.24, 2.45) is 0 Å². The molecule has 3 heteroatoms. The summed E-state index contributed by atoms with van der Waals surface area (Å²) in [5, 5.41) is 0.963. The highest BCUT2D eigenvalue weighted by Crippen LogP contribution is 2.35. The maximum absolute atomic E-state index is 11.6. The van der Waals surface area contributed by atoms with Crippen LogP contribution >= 0.6 is 23.2 Å². The SMILES string of the molecule is CC(=O)c1ccccc1-c1cccc(Cl)c1Cl. The van der Waals surface area contributed by atoms with Gasteiger partial charge in [0.15, 0.2) is 5.78 Å². The van der Waals surface area contributed by atoms with Crippen LogP contribution in [0, 0.1) is 0 Å². The highest BCUT2D eigenvalue weighted by molar-refractivity contribution is 6.43. The number of rotatable bonds is 2. The number of carbonyl (C=O) groups excluding carboxylic acids is 1. The van der Waals surface area contributed by atoms with Gasteiger partial charge in [0.2, 0.25) is 0 Å². The van der Waals surface area contributed by atoms with Crippen molar-refractivity contribution in [1.82, 2.24) is 0 Å². The largest absolute Gasteiger partial charge is 0.294 e. The molecule has 86 valence electrons. The van der Waals surface area contributed by atoms with Gasteiger partial charge in [-0.3, -0.25) is 4.79 Å². The highest BCUT2D eigenvalue weighted by atomic mass is 35.5. The lowest BCUT2D eigenvalue weighted by Gasteiger charge is -2.09. The summed E-state index contributed by atoms with van der Waals surface area (Å²) < 4.78 is 0. The third-order valence-corrected chi connectivity index (χ3v) is 3.37. The van der Waals surface area contributed by atoms with Gasteiger partial charge >= 0.3 is 0 Å². The van der Waals surface area contributed by atoms with Gasteiger partial charge < -0.3 is 0 Å². The lowest BCUT2D eigenvalue weighted by Crippen LogP contribution is -1.96. The molecule has 0 bridgehead atoms. The minimum Gasteiger partial charge on any atom is -0.294 e. The van der Waals surface area contributed by atoms with E-state index in [0.29, 0.717) is 15.6 Å². The van der Waals surface area contributed by atoms with E-state index in [-0.39, 0.29) is 5.78 Å². The van der Waals surface area contributed by atoms with Gasteiger partial charge in [-0.25, -0.2) is 0 Å². The van der Waals surface area contributed by atoms with E-state index in [9.17, 15) is 4.79 Å². The van der Waals surface area contributed by atoms with Crippen LogP contribution in [-0.2, 0) is 0 Å². The molecule has 0 aliphatic carbocycles. The summed E-state index contributed by atoms with van der Waals surface area (Å²) >= 11 is 12.1. The van der Waals surface area contributed by atoms with Crippen molar-refractivity contribution >= 4 is 29.0 Å². The minimum absolute atomic E-state index is 0.0108. The fourth-order valence-corrected chi connectivity index (χ4v) is 2.14. The summed E-state index contributed by atoms with van der Waals surface area (Å²) in [6, 6.07) is 12.8. The predicted octanol–water partition coefficient (Wildman–Crippen LogP) is 4.86. The summed E-state index contributed by atoms with van der Waals surface area (Å²) in [4.78, 5) is 11.6. The molecule has 2 rings (SSSR count). The Morgan fingerprint density at radius 3 is 2.29 bits per heavy atom. The van der Waals surface area contributed by atoms with E-state index in [1.165, 1.54) is 6.92 Å². The lowest BCUT2D eigenvalue weighted by atomic mass is 9.97. The monoisotopic (exact) mass is 264 g/mol. The van der Waals surface area contributed by atoms with Gasteiger partial charge in [-0.1, -0.05) is 59.6 Å². The second-order valence-electron chi connectivity index (χ2n) is 3.70. The zero-order valence-electron chi connectivity index (χ0n) is 9.21. The van der Waals surface area contributed by atoms with E-state index in [2.05, 4.69) is 0 Å². The fraction of sp³-hybridized carbons (Fsp3) is 0.0714. The number of hydrogen-bond acceptors (Lipinski definition) is 1. The minimum atomic E-state index is 0.0108. The average molecular weight is 265 g/mol. The Balaban J connectivity index is 2.69. The van der Waals surface area contributed by atoms with Gasteiger partial charge in [-0.15, -0.1) is 0 Å². The molecule has 0 heterocycles. The third kappa shape index (κ3) is 2.36. The molecular weight excluding hydrogens is 255 g/mol.